The fourth-order valence-electron chi connectivity index (χ4n) is 3.84. The monoisotopic (exact) mass is 307 g/mol. The van der Waals surface area contributed by atoms with Gasteiger partial charge in [0.05, 0.1) is 6.04 Å². The van der Waals surface area contributed by atoms with E-state index in [1.165, 1.54) is 11.6 Å². The van der Waals surface area contributed by atoms with Crippen molar-refractivity contribution >= 4 is 11.5 Å². The van der Waals surface area contributed by atoms with E-state index in [1.54, 1.807) is 19.1 Å². The molecule has 0 fully saturated rings. The molecule has 3 atom stereocenters. The Bertz CT molecular complexity index is 811. The van der Waals surface area contributed by atoms with E-state index in [9.17, 15) is 9.18 Å². The van der Waals surface area contributed by atoms with Crippen molar-refractivity contribution in [3.05, 3.63) is 77.1 Å². The average Bonchev–Trinajstić information content (AvgIpc) is 3.03. The lowest BCUT2D eigenvalue weighted by atomic mass is 9.76. The molecule has 0 saturated heterocycles. The quantitative estimate of drug-likeness (QED) is 0.634. The van der Waals surface area contributed by atoms with Gasteiger partial charge in [0.2, 0.25) is 0 Å². The second-order valence-corrected chi connectivity index (χ2v) is 6.39. The Morgan fingerprint density at radius 1 is 1.22 bits per heavy atom. The molecule has 1 aliphatic heterocycles. The molecule has 0 spiro atoms. The van der Waals surface area contributed by atoms with Gasteiger partial charge in [-0.1, -0.05) is 24.3 Å². The number of rotatable bonds is 2. The molecule has 1 N–H and O–H groups in total. The van der Waals surface area contributed by atoms with E-state index in [0.29, 0.717) is 5.92 Å². The maximum atomic E-state index is 13.6. The summed E-state index contributed by atoms with van der Waals surface area (Å²) in [5.41, 5.74) is 3.93. The third kappa shape index (κ3) is 2.37. The minimum atomic E-state index is -0.204. The highest BCUT2D eigenvalue weighted by atomic mass is 19.1. The second-order valence-electron chi connectivity index (χ2n) is 6.39. The molecule has 0 aromatic heterocycles. The van der Waals surface area contributed by atoms with Crippen molar-refractivity contribution in [2.24, 2.45) is 5.92 Å². The first kappa shape index (κ1) is 14.2. The summed E-state index contributed by atoms with van der Waals surface area (Å²) in [6.45, 7) is 1.59. The molecule has 2 aromatic rings. The summed E-state index contributed by atoms with van der Waals surface area (Å²) in [6, 6.07) is 12.7. The maximum Gasteiger partial charge on any atom is 0.159 e. The van der Waals surface area contributed by atoms with Crippen molar-refractivity contribution in [1.29, 1.82) is 0 Å². The van der Waals surface area contributed by atoms with Crippen molar-refractivity contribution in [1.82, 2.24) is 0 Å². The third-order valence-corrected chi connectivity index (χ3v) is 4.98. The zero-order valence-electron chi connectivity index (χ0n) is 12.9. The second kappa shape index (κ2) is 5.34. The fourth-order valence-corrected chi connectivity index (χ4v) is 3.84. The molecule has 116 valence electrons. The maximum absolute atomic E-state index is 13.6. The highest BCUT2D eigenvalue weighted by molar-refractivity contribution is 5.95. The van der Waals surface area contributed by atoms with Crippen LogP contribution in [0.1, 0.15) is 46.8 Å². The number of nitrogens with one attached hydrogen (secondary N) is 1. The van der Waals surface area contributed by atoms with E-state index < -0.39 is 0 Å². The van der Waals surface area contributed by atoms with Gasteiger partial charge in [-0.3, -0.25) is 4.79 Å². The summed E-state index contributed by atoms with van der Waals surface area (Å²) < 4.78 is 13.6. The predicted octanol–water partition coefficient (Wildman–Crippen LogP) is 4.85. The normalized spacial score (nSPS) is 24.7. The van der Waals surface area contributed by atoms with Crippen LogP contribution in [0.4, 0.5) is 10.1 Å². The van der Waals surface area contributed by atoms with Gasteiger partial charge >= 0.3 is 0 Å². The van der Waals surface area contributed by atoms with Crippen molar-refractivity contribution in [2.45, 2.75) is 25.3 Å². The topological polar surface area (TPSA) is 29.1 Å². The first-order valence-electron chi connectivity index (χ1n) is 7.97. The van der Waals surface area contributed by atoms with E-state index in [-0.39, 0.29) is 23.6 Å². The van der Waals surface area contributed by atoms with Gasteiger partial charge in [-0.2, -0.15) is 0 Å². The molecule has 4 rings (SSSR count). The Kier molecular flexibility index (Phi) is 3.29. The van der Waals surface area contributed by atoms with E-state index in [1.807, 2.05) is 24.3 Å². The Morgan fingerprint density at radius 3 is 2.87 bits per heavy atom. The van der Waals surface area contributed by atoms with Crippen LogP contribution in [0.3, 0.4) is 0 Å². The van der Waals surface area contributed by atoms with Crippen LogP contribution >= 0.6 is 0 Å². The first-order valence-corrected chi connectivity index (χ1v) is 7.97. The summed E-state index contributed by atoms with van der Waals surface area (Å²) in [5, 5.41) is 3.56. The van der Waals surface area contributed by atoms with E-state index in [0.717, 1.165) is 23.2 Å². The number of carbonyl (C=O) groups excluding carboxylic acids is 1. The third-order valence-electron chi connectivity index (χ3n) is 4.98. The Balaban J connectivity index is 1.79. The van der Waals surface area contributed by atoms with Crippen LogP contribution < -0.4 is 5.32 Å². The average molecular weight is 307 g/mol. The van der Waals surface area contributed by atoms with Crippen LogP contribution in [0.15, 0.2) is 54.6 Å². The lowest BCUT2D eigenvalue weighted by Gasteiger charge is -2.37. The Morgan fingerprint density at radius 2 is 2.09 bits per heavy atom. The van der Waals surface area contributed by atoms with E-state index in [4.69, 9.17) is 0 Å². The molecule has 0 amide bonds. The molecule has 0 radical (unpaired) electrons. The lowest BCUT2D eigenvalue weighted by Crippen LogP contribution is -2.29. The number of fused-ring (bicyclic) bond motifs is 3. The molecular formula is C20H18FNO. The van der Waals surface area contributed by atoms with Crippen molar-refractivity contribution in [3.8, 4) is 0 Å². The molecule has 1 heterocycles. The van der Waals surface area contributed by atoms with Crippen LogP contribution in [-0.4, -0.2) is 5.78 Å². The SMILES string of the molecule is CC(=O)c1ccc2c(c1)C1C=CCC1C(c1cccc(F)c1)N2. The van der Waals surface area contributed by atoms with Gasteiger partial charge < -0.3 is 5.32 Å². The van der Waals surface area contributed by atoms with Gasteiger partial charge in [0.25, 0.3) is 0 Å². The number of halogens is 1. The summed E-state index contributed by atoms with van der Waals surface area (Å²) in [5.74, 6) is 0.508. The van der Waals surface area contributed by atoms with Crippen molar-refractivity contribution in [2.75, 3.05) is 5.32 Å². The number of allylic oxidation sites excluding steroid dienone is 2. The molecule has 0 saturated carbocycles. The zero-order chi connectivity index (χ0) is 16.0. The molecule has 23 heavy (non-hydrogen) atoms. The lowest BCUT2D eigenvalue weighted by molar-refractivity contribution is 0.101. The molecular weight excluding hydrogens is 289 g/mol. The van der Waals surface area contributed by atoms with Crippen LogP contribution in [0.25, 0.3) is 0 Å². The van der Waals surface area contributed by atoms with Gasteiger partial charge in [0.1, 0.15) is 5.82 Å². The first-order chi connectivity index (χ1) is 11.1. The van der Waals surface area contributed by atoms with Gasteiger partial charge in [0.15, 0.2) is 5.78 Å². The largest absolute Gasteiger partial charge is 0.378 e. The molecule has 2 aromatic carbocycles. The van der Waals surface area contributed by atoms with E-state index >= 15 is 0 Å². The smallest absolute Gasteiger partial charge is 0.159 e. The number of hydrogen-bond donors (Lipinski definition) is 1. The minimum absolute atomic E-state index is 0.0820. The molecule has 0 bridgehead atoms. The predicted molar refractivity (Wildman–Crippen MR) is 89.2 cm³/mol. The molecule has 2 nitrogen and oxygen atoms in total. The van der Waals surface area contributed by atoms with Gasteiger partial charge in [-0.05, 0) is 60.7 Å². The molecule has 3 unspecified atom stereocenters. The number of ketones is 1. The fraction of sp³-hybridized carbons (Fsp3) is 0.250. The molecule has 2 aliphatic rings. The summed E-state index contributed by atoms with van der Waals surface area (Å²) in [6.07, 6.45) is 5.38. The zero-order valence-corrected chi connectivity index (χ0v) is 12.9. The Hall–Kier alpha value is -2.42. The van der Waals surface area contributed by atoms with Gasteiger partial charge in [-0.25, -0.2) is 4.39 Å². The number of carbonyl (C=O) groups is 1. The highest BCUT2D eigenvalue weighted by Gasteiger charge is 2.38. The Labute approximate surface area is 135 Å². The standard InChI is InChI=1S/C20H18FNO/c1-12(23)13-8-9-19-18(11-13)16-6-3-7-17(16)20(22-19)14-4-2-5-15(21)10-14/h2-6,8-11,16-17,20,22H,7H2,1H3. The summed E-state index contributed by atoms with van der Waals surface area (Å²) in [4.78, 5) is 11.7. The van der Waals surface area contributed by atoms with Crippen LogP contribution in [0.2, 0.25) is 0 Å². The minimum Gasteiger partial charge on any atom is -0.378 e. The summed E-state index contributed by atoms with van der Waals surface area (Å²) in [7, 11) is 0. The molecule has 1 aliphatic carbocycles. The number of anilines is 1. The van der Waals surface area contributed by atoms with Gasteiger partial charge in [-0.15, -0.1) is 0 Å². The van der Waals surface area contributed by atoms with Crippen LogP contribution in [-0.2, 0) is 0 Å². The molecule has 3 heteroatoms. The van der Waals surface area contributed by atoms with Crippen LogP contribution in [0, 0.1) is 11.7 Å². The van der Waals surface area contributed by atoms with Crippen molar-refractivity contribution < 1.29 is 9.18 Å². The summed E-state index contributed by atoms with van der Waals surface area (Å²) >= 11 is 0. The number of hydrogen-bond acceptors (Lipinski definition) is 2. The number of Topliss-reactive ketones (excluding diaryl/α,β-unsaturated/α-hetero) is 1. The van der Waals surface area contributed by atoms with Crippen LogP contribution in [0.5, 0.6) is 0 Å². The van der Waals surface area contributed by atoms with Gasteiger partial charge in [0, 0.05) is 17.2 Å². The van der Waals surface area contributed by atoms with E-state index in [2.05, 4.69) is 17.5 Å². The number of benzene rings is 2. The van der Waals surface area contributed by atoms with Crippen molar-refractivity contribution in [3.63, 3.8) is 0 Å². The highest BCUT2D eigenvalue weighted by Crippen LogP contribution is 2.49.